The van der Waals surface area contributed by atoms with Gasteiger partial charge in [-0.3, -0.25) is 15.0 Å². The number of hydrogen-bond acceptors (Lipinski definition) is 4. The molecule has 0 amide bonds. The minimum absolute atomic E-state index is 0.569. The maximum Gasteiger partial charge on any atom is 0.0718 e. The minimum atomic E-state index is -0.771. The fourth-order valence-electron chi connectivity index (χ4n) is 2.99. The van der Waals surface area contributed by atoms with Gasteiger partial charge >= 0.3 is 0 Å². The molecule has 0 fully saturated rings. The Kier molecular flexibility index (Phi) is 5.26. The van der Waals surface area contributed by atoms with Crippen molar-refractivity contribution >= 4 is 0 Å². The van der Waals surface area contributed by atoms with Gasteiger partial charge in [0.2, 0.25) is 0 Å². The van der Waals surface area contributed by atoms with Crippen LogP contribution in [0.1, 0.15) is 25.0 Å². The van der Waals surface area contributed by atoms with Crippen molar-refractivity contribution < 1.29 is 5.11 Å². The summed E-state index contributed by atoms with van der Waals surface area (Å²) < 4.78 is 0. The van der Waals surface area contributed by atoms with Gasteiger partial charge in [0.15, 0.2) is 0 Å². The molecule has 1 aromatic carbocycles. The van der Waals surface area contributed by atoms with Crippen molar-refractivity contribution in [2.75, 3.05) is 6.54 Å². The zero-order chi connectivity index (χ0) is 17.7. The van der Waals surface area contributed by atoms with Crippen LogP contribution in [0.4, 0.5) is 0 Å². The molecule has 0 unspecified atom stereocenters. The predicted molar refractivity (Wildman–Crippen MR) is 98.7 cm³/mol. The van der Waals surface area contributed by atoms with Crippen molar-refractivity contribution in [2.24, 2.45) is 0 Å². The Balaban J connectivity index is 1.82. The van der Waals surface area contributed by atoms with Crippen LogP contribution in [-0.4, -0.2) is 37.3 Å². The molecule has 130 valence electrons. The van der Waals surface area contributed by atoms with Gasteiger partial charge in [-0.25, -0.2) is 0 Å². The van der Waals surface area contributed by atoms with E-state index in [0.717, 1.165) is 23.4 Å². The third kappa shape index (κ3) is 4.98. The van der Waals surface area contributed by atoms with Gasteiger partial charge in [-0.2, -0.15) is 5.10 Å². The summed E-state index contributed by atoms with van der Waals surface area (Å²) in [6, 6.07) is 14.2. The quantitative estimate of drug-likeness (QED) is 0.695. The van der Waals surface area contributed by atoms with Gasteiger partial charge in [0.1, 0.15) is 0 Å². The number of aromatic nitrogens is 3. The zero-order valence-corrected chi connectivity index (χ0v) is 14.7. The van der Waals surface area contributed by atoms with Crippen molar-refractivity contribution in [3.05, 3.63) is 72.2 Å². The first-order valence-electron chi connectivity index (χ1n) is 8.42. The lowest BCUT2D eigenvalue weighted by Gasteiger charge is -2.29. The first-order chi connectivity index (χ1) is 12.0. The van der Waals surface area contributed by atoms with Crippen LogP contribution < -0.4 is 0 Å². The van der Waals surface area contributed by atoms with E-state index in [0.29, 0.717) is 13.1 Å². The summed E-state index contributed by atoms with van der Waals surface area (Å²) in [7, 11) is 0. The highest BCUT2D eigenvalue weighted by Crippen LogP contribution is 2.23. The fourth-order valence-corrected chi connectivity index (χ4v) is 2.99. The Morgan fingerprint density at radius 3 is 2.52 bits per heavy atom. The molecule has 0 spiro atoms. The topological polar surface area (TPSA) is 65.0 Å². The van der Waals surface area contributed by atoms with E-state index in [4.69, 9.17) is 0 Å². The lowest BCUT2D eigenvalue weighted by atomic mass is 10.1. The highest BCUT2D eigenvalue weighted by atomic mass is 16.3. The molecular formula is C20H24N4O. The molecule has 0 aliphatic heterocycles. The Morgan fingerprint density at radius 2 is 1.84 bits per heavy atom. The molecule has 0 saturated heterocycles. The van der Waals surface area contributed by atoms with Crippen LogP contribution in [-0.2, 0) is 13.1 Å². The van der Waals surface area contributed by atoms with Crippen LogP contribution in [0.2, 0.25) is 0 Å². The molecule has 0 saturated carbocycles. The molecular weight excluding hydrogens is 312 g/mol. The first kappa shape index (κ1) is 17.3. The van der Waals surface area contributed by atoms with E-state index in [1.807, 2.05) is 56.6 Å². The van der Waals surface area contributed by atoms with E-state index >= 15 is 0 Å². The van der Waals surface area contributed by atoms with Gasteiger partial charge in [-0.1, -0.05) is 30.3 Å². The number of benzene rings is 1. The van der Waals surface area contributed by atoms with Gasteiger partial charge in [-0.15, -0.1) is 0 Å². The summed E-state index contributed by atoms with van der Waals surface area (Å²) in [6.45, 7) is 5.70. The summed E-state index contributed by atoms with van der Waals surface area (Å²) in [5.41, 5.74) is 3.53. The molecule has 25 heavy (non-hydrogen) atoms. The fraction of sp³-hybridized carbons (Fsp3) is 0.300. The third-order valence-corrected chi connectivity index (χ3v) is 3.92. The molecule has 2 heterocycles. The molecule has 0 atom stereocenters. The summed E-state index contributed by atoms with van der Waals surface area (Å²) in [6.07, 6.45) is 5.44. The number of aromatic amines is 1. The highest BCUT2D eigenvalue weighted by Gasteiger charge is 2.20. The summed E-state index contributed by atoms with van der Waals surface area (Å²) in [5, 5.41) is 17.6. The molecule has 0 aliphatic carbocycles. The molecule has 0 bridgehead atoms. The van der Waals surface area contributed by atoms with Gasteiger partial charge < -0.3 is 5.11 Å². The molecule has 0 radical (unpaired) electrons. The largest absolute Gasteiger partial charge is 0.389 e. The Labute approximate surface area is 148 Å². The van der Waals surface area contributed by atoms with Crippen LogP contribution in [0.3, 0.4) is 0 Å². The van der Waals surface area contributed by atoms with Gasteiger partial charge in [0.05, 0.1) is 17.5 Å². The second-order valence-corrected chi connectivity index (χ2v) is 6.96. The second kappa shape index (κ2) is 7.59. The average molecular weight is 336 g/mol. The van der Waals surface area contributed by atoms with Crippen LogP contribution in [0.5, 0.6) is 0 Å². The molecule has 2 aromatic heterocycles. The van der Waals surface area contributed by atoms with E-state index in [1.54, 1.807) is 6.20 Å². The Morgan fingerprint density at radius 1 is 1.04 bits per heavy atom. The number of rotatable bonds is 7. The number of hydrogen-bond donors (Lipinski definition) is 2. The number of pyridine rings is 1. The van der Waals surface area contributed by atoms with E-state index < -0.39 is 5.60 Å². The van der Waals surface area contributed by atoms with Crippen molar-refractivity contribution in [1.29, 1.82) is 0 Å². The summed E-state index contributed by atoms with van der Waals surface area (Å²) >= 11 is 0. The monoisotopic (exact) mass is 336 g/mol. The first-order valence-corrected chi connectivity index (χ1v) is 8.42. The van der Waals surface area contributed by atoms with E-state index in [2.05, 4.69) is 32.2 Å². The molecule has 2 N–H and O–H groups in total. The number of H-pyrrole nitrogens is 1. The Hall–Kier alpha value is -2.50. The molecule has 5 heteroatoms. The Bertz CT molecular complexity index is 778. The lowest BCUT2D eigenvalue weighted by Crippen LogP contribution is -2.37. The number of aliphatic hydroxyl groups is 1. The predicted octanol–water partition coefficient (Wildman–Crippen LogP) is 3.24. The standard InChI is InChI=1S/C20H24N4O/c1-20(2,25)15-24(13-16-7-4-3-5-8-16)14-18-12-22-23-19(18)17-9-6-10-21-11-17/h3-12,25H,13-15H2,1-2H3,(H,22,23). The SMILES string of the molecule is CC(C)(O)CN(Cc1ccccc1)Cc1cn[nH]c1-c1cccnc1. The average Bonchev–Trinajstić information content (AvgIpc) is 3.03. The van der Waals surface area contributed by atoms with E-state index in [-0.39, 0.29) is 0 Å². The second-order valence-electron chi connectivity index (χ2n) is 6.96. The minimum Gasteiger partial charge on any atom is -0.389 e. The summed E-state index contributed by atoms with van der Waals surface area (Å²) in [4.78, 5) is 6.42. The van der Waals surface area contributed by atoms with Crippen molar-refractivity contribution in [3.63, 3.8) is 0 Å². The highest BCUT2D eigenvalue weighted by molar-refractivity contribution is 5.61. The van der Waals surface area contributed by atoms with Gasteiger partial charge in [0, 0.05) is 43.2 Å². The van der Waals surface area contributed by atoms with Crippen molar-refractivity contribution in [2.45, 2.75) is 32.5 Å². The summed E-state index contributed by atoms with van der Waals surface area (Å²) in [5.74, 6) is 0. The maximum atomic E-state index is 10.3. The van der Waals surface area contributed by atoms with E-state index in [9.17, 15) is 5.11 Å². The molecule has 5 nitrogen and oxygen atoms in total. The van der Waals surface area contributed by atoms with Crippen LogP contribution in [0, 0.1) is 0 Å². The van der Waals surface area contributed by atoms with Crippen molar-refractivity contribution in [1.82, 2.24) is 20.1 Å². The van der Waals surface area contributed by atoms with Crippen molar-refractivity contribution in [3.8, 4) is 11.3 Å². The van der Waals surface area contributed by atoms with Crippen LogP contribution in [0.15, 0.2) is 61.1 Å². The van der Waals surface area contributed by atoms with Crippen LogP contribution >= 0.6 is 0 Å². The molecule has 3 aromatic rings. The molecule has 3 rings (SSSR count). The lowest BCUT2D eigenvalue weighted by molar-refractivity contribution is 0.0307. The number of nitrogens with zero attached hydrogens (tertiary/aromatic N) is 3. The van der Waals surface area contributed by atoms with E-state index in [1.165, 1.54) is 5.56 Å². The van der Waals surface area contributed by atoms with Gasteiger partial charge in [0.25, 0.3) is 0 Å². The third-order valence-electron chi connectivity index (χ3n) is 3.92. The maximum absolute atomic E-state index is 10.3. The number of nitrogens with one attached hydrogen (secondary N) is 1. The zero-order valence-electron chi connectivity index (χ0n) is 14.7. The molecule has 0 aliphatic rings. The van der Waals surface area contributed by atoms with Crippen LogP contribution in [0.25, 0.3) is 11.3 Å². The normalized spacial score (nSPS) is 11.8. The van der Waals surface area contributed by atoms with Gasteiger partial charge in [-0.05, 0) is 31.5 Å². The smallest absolute Gasteiger partial charge is 0.0718 e.